The Kier molecular flexibility index (Phi) is 3.72. The van der Waals surface area contributed by atoms with Crippen molar-refractivity contribution in [1.82, 2.24) is 9.88 Å². The van der Waals surface area contributed by atoms with Gasteiger partial charge in [-0.2, -0.15) is 0 Å². The van der Waals surface area contributed by atoms with Crippen molar-refractivity contribution in [3.05, 3.63) is 16.6 Å². The molecule has 1 aromatic rings. The van der Waals surface area contributed by atoms with Crippen molar-refractivity contribution < 1.29 is 5.11 Å². The van der Waals surface area contributed by atoms with Crippen LogP contribution >= 0.6 is 11.3 Å². The maximum Gasteiger partial charge on any atom is 0.109 e. The van der Waals surface area contributed by atoms with Gasteiger partial charge in [-0.15, -0.1) is 11.3 Å². The van der Waals surface area contributed by atoms with Crippen LogP contribution in [0.2, 0.25) is 0 Å². The van der Waals surface area contributed by atoms with Crippen LogP contribution in [0.5, 0.6) is 0 Å². The minimum atomic E-state index is 0.321. The summed E-state index contributed by atoms with van der Waals surface area (Å²) in [6, 6.07) is 0.402. The van der Waals surface area contributed by atoms with Gasteiger partial charge in [0.15, 0.2) is 0 Å². The Hall–Kier alpha value is -0.450. The van der Waals surface area contributed by atoms with Crippen LogP contribution in [0.15, 0.2) is 11.6 Å². The molecule has 0 aromatic carbocycles. The molecule has 15 heavy (non-hydrogen) atoms. The highest BCUT2D eigenvalue weighted by molar-refractivity contribution is 7.09. The fourth-order valence-corrected chi connectivity index (χ4v) is 2.92. The number of piperidine rings is 1. The molecule has 2 unspecified atom stereocenters. The van der Waals surface area contributed by atoms with E-state index in [2.05, 4.69) is 16.8 Å². The quantitative estimate of drug-likeness (QED) is 0.855. The van der Waals surface area contributed by atoms with Crippen molar-refractivity contribution in [2.75, 3.05) is 19.7 Å². The lowest BCUT2D eigenvalue weighted by Gasteiger charge is -2.35. The highest BCUT2D eigenvalue weighted by Crippen LogP contribution is 2.27. The van der Waals surface area contributed by atoms with Gasteiger partial charge in [0, 0.05) is 24.7 Å². The van der Waals surface area contributed by atoms with E-state index >= 15 is 0 Å². The summed E-state index contributed by atoms with van der Waals surface area (Å²) in [7, 11) is 0. The lowest BCUT2D eigenvalue weighted by molar-refractivity contribution is 0.0935. The SMILES string of the molecule is CC(c1nccs1)N1CCCC(CO)C1. The first kappa shape index (κ1) is 11.0. The molecule has 0 amide bonds. The monoisotopic (exact) mass is 226 g/mol. The predicted octanol–water partition coefficient (Wildman–Crippen LogP) is 1.91. The minimum Gasteiger partial charge on any atom is -0.396 e. The van der Waals surface area contributed by atoms with E-state index in [4.69, 9.17) is 0 Å². The third-order valence-corrected chi connectivity index (χ3v) is 4.11. The smallest absolute Gasteiger partial charge is 0.109 e. The van der Waals surface area contributed by atoms with E-state index in [1.807, 2.05) is 11.6 Å². The van der Waals surface area contributed by atoms with E-state index in [-0.39, 0.29) is 0 Å². The van der Waals surface area contributed by atoms with E-state index in [1.54, 1.807) is 11.3 Å². The number of rotatable bonds is 3. The van der Waals surface area contributed by atoms with Gasteiger partial charge >= 0.3 is 0 Å². The van der Waals surface area contributed by atoms with E-state index in [0.29, 0.717) is 18.6 Å². The van der Waals surface area contributed by atoms with Crippen LogP contribution in [-0.4, -0.2) is 34.7 Å². The molecule has 2 atom stereocenters. The summed E-state index contributed by atoms with van der Waals surface area (Å²) in [4.78, 5) is 6.79. The van der Waals surface area contributed by atoms with Gasteiger partial charge in [0.1, 0.15) is 5.01 Å². The average Bonchev–Trinajstić information content (AvgIpc) is 2.81. The molecule has 84 valence electrons. The third-order valence-electron chi connectivity index (χ3n) is 3.17. The Bertz CT molecular complexity index is 289. The number of aromatic nitrogens is 1. The molecule has 4 heteroatoms. The Morgan fingerprint density at radius 2 is 2.60 bits per heavy atom. The summed E-state index contributed by atoms with van der Waals surface area (Å²) in [5.41, 5.74) is 0. The number of nitrogens with zero attached hydrogens (tertiary/aromatic N) is 2. The summed E-state index contributed by atoms with van der Waals surface area (Å²) in [6.45, 7) is 4.67. The second-order valence-electron chi connectivity index (χ2n) is 4.23. The van der Waals surface area contributed by atoms with Crippen LogP contribution < -0.4 is 0 Å². The average molecular weight is 226 g/mol. The van der Waals surface area contributed by atoms with Gasteiger partial charge in [0.25, 0.3) is 0 Å². The van der Waals surface area contributed by atoms with Gasteiger partial charge in [-0.1, -0.05) is 0 Å². The van der Waals surface area contributed by atoms with Gasteiger partial charge < -0.3 is 5.11 Å². The molecule has 1 aromatic heterocycles. The van der Waals surface area contributed by atoms with Crippen LogP contribution in [0.1, 0.15) is 30.8 Å². The number of aliphatic hydroxyl groups excluding tert-OH is 1. The molecule has 3 nitrogen and oxygen atoms in total. The van der Waals surface area contributed by atoms with Crippen LogP contribution in [0.25, 0.3) is 0 Å². The molecule has 0 spiro atoms. The summed E-state index contributed by atoms with van der Waals surface area (Å²) in [5, 5.41) is 12.4. The van der Waals surface area contributed by atoms with Gasteiger partial charge in [0.2, 0.25) is 0 Å². The van der Waals surface area contributed by atoms with E-state index in [9.17, 15) is 5.11 Å². The predicted molar refractivity (Wildman–Crippen MR) is 61.9 cm³/mol. The molecule has 1 fully saturated rings. The van der Waals surface area contributed by atoms with Crippen molar-refractivity contribution in [2.24, 2.45) is 5.92 Å². The first-order valence-electron chi connectivity index (χ1n) is 5.55. The van der Waals surface area contributed by atoms with Crippen LogP contribution in [-0.2, 0) is 0 Å². The topological polar surface area (TPSA) is 36.4 Å². The molecular weight excluding hydrogens is 208 g/mol. The number of aliphatic hydroxyl groups is 1. The van der Waals surface area contributed by atoms with Crippen molar-refractivity contribution in [3.63, 3.8) is 0 Å². The molecular formula is C11H18N2OS. The highest BCUT2D eigenvalue weighted by Gasteiger charge is 2.24. The van der Waals surface area contributed by atoms with E-state index in [0.717, 1.165) is 19.5 Å². The fraction of sp³-hybridized carbons (Fsp3) is 0.727. The fourth-order valence-electron chi connectivity index (χ4n) is 2.20. The maximum atomic E-state index is 9.18. The second kappa shape index (κ2) is 5.05. The summed E-state index contributed by atoms with van der Waals surface area (Å²) in [5.74, 6) is 0.459. The Labute approximate surface area is 94.8 Å². The van der Waals surface area contributed by atoms with Gasteiger partial charge in [-0.3, -0.25) is 4.90 Å². The zero-order chi connectivity index (χ0) is 10.7. The maximum absolute atomic E-state index is 9.18. The van der Waals surface area contributed by atoms with Crippen LogP contribution in [0.3, 0.4) is 0 Å². The zero-order valence-corrected chi connectivity index (χ0v) is 9.91. The van der Waals surface area contributed by atoms with E-state index < -0.39 is 0 Å². The number of thiazole rings is 1. The summed E-state index contributed by atoms with van der Waals surface area (Å²) >= 11 is 1.72. The summed E-state index contributed by atoms with van der Waals surface area (Å²) in [6.07, 6.45) is 4.22. The first-order valence-corrected chi connectivity index (χ1v) is 6.43. The van der Waals surface area contributed by atoms with Gasteiger partial charge in [-0.25, -0.2) is 4.98 Å². The first-order chi connectivity index (χ1) is 7.31. The molecule has 1 aliphatic heterocycles. The molecule has 0 aliphatic carbocycles. The molecule has 1 aliphatic rings. The lowest BCUT2D eigenvalue weighted by Crippen LogP contribution is -2.38. The van der Waals surface area contributed by atoms with Crippen molar-refractivity contribution in [3.8, 4) is 0 Å². The Balaban J connectivity index is 1.98. The third kappa shape index (κ3) is 2.56. The molecule has 2 rings (SSSR count). The second-order valence-corrected chi connectivity index (χ2v) is 5.16. The zero-order valence-electron chi connectivity index (χ0n) is 9.09. The van der Waals surface area contributed by atoms with Gasteiger partial charge in [-0.05, 0) is 32.2 Å². The van der Waals surface area contributed by atoms with Crippen LogP contribution in [0, 0.1) is 5.92 Å². The van der Waals surface area contributed by atoms with Crippen molar-refractivity contribution in [2.45, 2.75) is 25.8 Å². The molecule has 1 N–H and O–H groups in total. The summed E-state index contributed by atoms with van der Waals surface area (Å²) < 4.78 is 0. The van der Waals surface area contributed by atoms with Crippen LogP contribution in [0.4, 0.5) is 0 Å². The molecule has 2 heterocycles. The van der Waals surface area contributed by atoms with Gasteiger partial charge in [0.05, 0.1) is 6.04 Å². The molecule has 1 saturated heterocycles. The lowest BCUT2D eigenvalue weighted by atomic mass is 9.98. The van der Waals surface area contributed by atoms with Crippen molar-refractivity contribution >= 4 is 11.3 Å². The largest absolute Gasteiger partial charge is 0.396 e. The molecule has 0 bridgehead atoms. The van der Waals surface area contributed by atoms with Crippen molar-refractivity contribution in [1.29, 1.82) is 0 Å². The molecule has 0 saturated carbocycles. The Morgan fingerprint density at radius 1 is 1.73 bits per heavy atom. The number of hydrogen-bond donors (Lipinski definition) is 1. The molecule has 0 radical (unpaired) electrons. The normalized spacial score (nSPS) is 25.3. The highest BCUT2D eigenvalue weighted by atomic mass is 32.1. The number of likely N-dealkylation sites (tertiary alicyclic amines) is 1. The minimum absolute atomic E-state index is 0.321. The van der Waals surface area contributed by atoms with E-state index in [1.165, 1.54) is 11.4 Å². The standard InChI is InChI=1S/C11H18N2OS/c1-9(11-12-4-6-15-11)13-5-2-3-10(7-13)8-14/h4,6,9-10,14H,2-3,5,7-8H2,1H3. The Morgan fingerprint density at radius 3 is 3.27 bits per heavy atom. The number of hydrogen-bond acceptors (Lipinski definition) is 4.